The minimum absolute atomic E-state index is 0. The Hall–Kier alpha value is -2.54. The molecule has 4 amide bonds. The molecule has 0 saturated carbocycles. The minimum Gasteiger partial charge on any atom is -0.587 e. The number of hydrogen-bond donors (Lipinski definition) is 0. The first kappa shape index (κ1) is 43.5. The van der Waals surface area contributed by atoms with Crippen LogP contribution in [0.25, 0.3) is 5.32 Å². The number of carbonyl (C=O) groups excluding carboxylic acids is 7. The van der Waals surface area contributed by atoms with Crippen molar-refractivity contribution in [2.45, 2.75) is 98.1 Å². The number of rotatable bonds is 12. The number of hydrogen-bond acceptors (Lipinski definition) is 8. The molecule has 244 valence electrons. The fraction of sp³-hybridized carbons (Fsp3) is 0.441. The Morgan fingerprint density at radius 1 is 0.761 bits per heavy atom. The topological polar surface area (TPSA) is 146 Å². The molecule has 0 aromatic heterocycles. The minimum atomic E-state index is -0.818. The van der Waals surface area contributed by atoms with Crippen molar-refractivity contribution < 1.29 is 89.7 Å². The second kappa shape index (κ2) is 24.6. The second-order valence-corrected chi connectivity index (χ2v) is 10.7. The number of aldehydes is 1. The predicted octanol–water partition coefficient (Wildman–Crippen LogP) is 4.43. The zero-order valence-electron chi connectivity index (χ0n) is 27.4. The van der Waals surface area contributed by atoms with Crippen molar-refractivity contribution in [1.82, 2.24) is 4.90 Å². The van der Waals surface area contributed by atoms with E-state index in [1.54, 1.807) is 48.5 Å². The van der Waals surface area contributed by atoms with Crippen molar-refractivity contribution in [3.05, 3.63) is 76.1 Å². The van der Waals surface area contributed by atoms with Crippen molar-refractivity contribution in [2.24, 2.45) is 0 Å². The Kier molecular flexibility index (Phi) is 23.2. The molecule has 2 aliphatic heterocycles. The largest absolute Gasteiger partial charge is 1.00 e. The molecule has 0 spiro atoms. The maximum absolute atomic E-state index is 12.4. The van der Waals surface area contributed by atoms with Crippen LogP contribution < -0.4 is 51.4 Å². The number of amides is 4. The molecule has 10 nitrogen and oxygen atoms in total. The Balaban J connectivity index is 0.000000701. The molecule has 0 radical (unpaired) electrons. The zero-order valence-corrected chi connectivity index (χ0v) is 31.3. The molecule has 0 aliphatic carbocycles. The standard InChI is InChI=1S/C17H21NO4.C8H5NO2.C7H14O.C2H3ClO.K/c1-3-4-5-6-11-15(22-12(2)19)18-16(20)13-9-7-8-10-14(13)17(18)21;10-7-5-3-1-2-4-6(5)8(11)9-7;1-2-3-4-5-6-7-8;1-2(3)4;/h7-10,15H,3-6,11H2,1-2H3;1-4H,(H,9,10,11);7H,2-6H2,1H3;1H3;/q;;;;+1/p-1. The Bertz CT molecular complexity index is 1260. The molecule has 1 atom stereocenters. The van der Waals surface area contributed by atoms with Gasteiger partial charge in [-0.2, -0.15) is 0 Å². The first-order chi connectivity index (χ1) is 21.5. The van der Waals surface area contributed by atoms with E-state index in [2.05, 4.69) is 30.8 Å². The molecule has 0 bridgehead atoms. The van der Waals surface area contributed by atoms with E-state index >= 15 is 0 Å². The summed E-state index contributed by atoms with van der Waals surface area (Å²) in [6, 6.07) is 13.3. The number of benzene rings is 2. The molecule has 1 unspecified atom stereocenters. The number of unbranched alkanes of at least 4 members (excludes halogenated alkanes) is 7. The Labute approximate surface area is 318 Å². The van der Waals surface area contributed by atoms with Crippen molar-refractivity contribution in [3.8, 4) is 0 Å². The van der Waals surface area contributed by atoms with E-state index in [-0.39, 0.29) is 68.4 Å². The van der Waals surface area contributed by atoms with E-state index in [4.69, 9.17) is 4.74 Å². The van der Waals surface area contributed by atoms with Crippen LogP contribution >= 0.6 is 11.6 Å². The van der Waals surface area contributed by atoms with Crippen molar-refractivity contribution in [3.63, 3.8) is 0 Å². The van der Waals surface area contributed by atoms with Crippen LogP contribution in [0, 0.1) is 0 Å². The van der Waals surface area contributed by atoms with E-state index in [1.165, 1.54) is 33.1 Å². The molecular weight excluding hydrogens is 639 g/mol. The van der Waals surface area contributed by atoms with Gasteiger partial charge in [0.2, 0.25) is 5.24 Å². The van der Waals surface area contributed by atoms with Crippen LogP contribution in [0.2, 0.25) is 0 Å². The van der Waals surface area contributed by atoms with Gasteiger partial charge in [0.05, 0.1) is 22.9 Å². The van der Waals surface area contributed by atoms with Gasteiger partial charge in [-0.15, -0.1) is 0 Å². The zero-order chi connectivity index (χ0) is 33.8. The van der Waals surface area contributed by atoms with Gasteiger partial charge in [0.1, 0.15) is 6.29 Å². The van der Waals surface area contributed by atoms with Gasteiger partial charge in [-0.1, -0.05) is 88.8 Å². The number of imide groups is 2. The van der Waals surface area contributed by atoms with E-state index < -0.39 is 24.0 Å². The Morgan fingerprint density at radius 3 is 1.57 bits per heavy atom. The van der Waals surface area contributed by atoms with Crippen molar-refractivity contribution >= 4 is 52.7 Å². The van der Waals surface area contributed by atoms with Gasteiger partial charge in [-0.25, -0.2) is 4.90 Å². The molecule has 2 aromatic rings. The van der Waals surface area contributed by atoms with Crippen LogP contribution in [-0.2, 0) is 19.1 Å². The number of ether oxygens (including phenoxy) is 1. The first-order valence-corrected chi connectivity index (χ1v) is 15.5. The summed E-state index contributed by atoms with van der Waals surface area (Å²) in [6.07, 6.45) is 10.2. The summed E-state index contributed by atoms with van der Waals surface area (Å²) >= 11 is 4.64. The average Bonchev–Trinajstić information content (AvgIpc) is 3.44. The number of halogens is 1. The van der Waals surface area contributed by atoms with Gasteiger partial charge < -0.3 is 24.4 Å². The molecule has 0 N–H and O–H groups in total. The summed E-state index contributed by atoms with van der Waals surface area (Å²) in [4.78, 5) is 78.0. The maximum Gasteiger partial charge on any atom is 1.00 e. The summed E-state index contributed by atoms with van der Waals surface area (Å²) in [5, 5.41) is 2.92. The SMILES string of the molecule is CC(=O)Cl.CCCCCCC(OC(C)=O)N1C(=O)c2ccccc2C1=O.CCCCCCC=O.O=C1[N-]C(=O)c2ccccc21.[K+]. The Morgan fingerprint density at radius 2 is 1.17 bits per heavy atom. The van der Waals surface area contributed by atoms with Gasteiger partial charge in [-0.05, 0) is 36.6 Å². The molecule has 2 aliphatic rings. The fourth-order valence-electron chi connectivity index (χ4n) is 4.37. The quantitative estimate of drug-likeness (QED) is 0.0799. The van der Waals surface area contributed by atoms with Crippen LogP contribution in [0.3, 0.4) is 0 Å². The van der Waals surface area contributed by atoms with E-state index in [9.17, 15) is 33.6 Å². The maximum atomic E-state index is 12.4. The number of nitrogens with zero attached hydrogens (tertiary/aromatic N) is 2. The fourth-order valence-corrected chi connectivity index (χ4v) is 4.37. The summed E-state index contributed by atoms with van der Waals surface area (Å²) in [7, 11) is 0. The van der Waals surface area contributed by atoms with E-state index in [0.717, 1.165) is 49.7 Å². The molecule has 2 aromatic carbocycles. The van der Waals surface area contributed by atoms with Crippen LogP contribution in [0.15, 0.2) is 48.5 Å². The summed E-state index contributed by atoms with van der Waals surface area (Å²) in [5.74, 6) is -2.11. The first-order valence-electron chi connectivity index (χ1n) is 15.1. The molecule has 0 saturated heterocycles. The molecule has 12 heteroatoms. The number of esters is 1. The van der Waals surface area contributed by atoms with Gasteiger partial charge in [0, 0.05) is 37.8 Å². The predicted molar refractivity (Wildman–Crippen MR) is 171 cm³/mol. The van der Waals surface area contributed by atoms with Crippen LogP contribution in [0.4, 0.5) is 0 Å². The molecule has 2 heterocycles. The van der Waals surface area contributed by atoms with Crippen molar-refractivity contribution in [1.29, 1.82) is 0 Å². The number of carbonyl (C=O) groups is 7. The molecule has 4 rings (SSSR count). The summed E-state index contributed by atoms with van der Waals surface area (Å²) < 4.78 is 5.23. The van der Waals surface area contributed by atoms with Gasteiger partial charge in [0.25, 0.3) is 11.8 Å². The third-order valence-electron chi connectivity index (χ3n) is 6.49. The van der Waals surface area contributed by atoms with E-state index in [0.29, 0.717) is 28.7 Å². The summed E-state index contributed by atoms with van der Waals surface area (Å²) in [5.41, 5.74) is 1.58. The smallest absolute Gasteiger partial charge is 0.587 e. The number of fused-ring (bicyclic) bond motifs is 2. The summed E-state index contributed by atoms with van der Waals surface area (Å²) in [6.45, 7) is 6.85. The van der Waals surface area contributed by atoms with Crippen molar-refractivity contribution in [2.75, 3.05) is 0 Å². The molecular formula is C34H42ClKN2O8. The third kappa shape index (κ3) is 15.4. The normalized spacial score (nSPS) is 12.8. The van der Waals surface area contributed by atoms with Gasteiger partial charge >= 0.3 is 57.4 Å². The van der Waals surface area contributed by atoms with Crippen LogP contribution in [-0.4, -0.2) is 52.3 Å². The van der Waals surface area contributed by atoms with E-state index in [1.807, 2.05) is 0 Å². The van der Waals surface area contributed by atoms with Crippen LogP contribution in [0.1, 0.15) is 133 Å². The monoisotopic (exact) mass is 680 g/mol. The second-order valence-electron chi connectivity index (χ2n) is 10.2. The average molecular weight is 681 g/mol. The third-order valence-corrected chi connectivity index (χ3v) is 6.49. The van der Waals surface area contributed by atoms with Gasteiger partial charge in [-0.3, -0.25) is 19.2 Å². The molecule has 0 fully saturated rings. The molecule has 46 heavy (non-hydrogen) atoms. The van der Waals surface area contributed by atoms with Gasteiger partial charge in [0.15, 0.2) is 6.23 Å². The van der Waals surface area contributed by atoms with Crippen LogP contribution in [0.5, 0.6) is 0 Å².